The van der Waals surface area contributed by atoms with Crippen molar-refractivity contribution in [2.24, 2.45) is 5.92 Å². The third-order valence-corrected chi connectivity index (χ3v) is 5.19. The number of halogens is 1. The van der Waals surface area contributed by atoms with Gasteiger partial charge < -0.3 is 10.1 Å². The van der Waals surface area contributed by atoms with Crippen molar-refractivity contribution in [3.8, 4) is 5.75 Å². The molecule has 2 aliphatic rings. The number of piperidine rings is 1. The predicted molar refractivity (Wildman–Crippen MR) is 88.4 cm³/mol. The quantitative estimate of drug-likeness (QED) is 0.865. The molecule has 21 heavy (non-hydrogen) atoms. The number of rotatable bonds is 4. The molecule has 1 aliphatic carbocycles. The zero-order valence-electron chi connectivity index (χ0n) is 12.7. The monoisotopic (exact) mass is 307 g/mol. The van der Waals surface area contributed by atoms with Crippen molar-refractivity contribution in [3.63, 3.8) is 0 Å². The van der Waals surface area contributed by atoms with Crippen LogP contribution in [0.4, 0.5) is 0 Å². The Bertz CT molecular complexity index is 451. The second kappa shape index (κ2) is 7.51. The lowest BCUT2D eigenvalue weighted by atomic mass is 9.83. The fraction of sp³-hybridized carbons (Fsp3) is 0.667. The molecule has 2 fully saturated rings. The standard InChI is InChI=1S/C18H26ClNO/c19-16-6-7-18(21-13-14-8-10-20-11-9-14)17(12-16)15-4-2-1-3-5-15/h6-7,12,14-15,20H,1-5,8-11,13H2. The van der Waals surface area contributed by atoms with Crippen LogP contribution in [0.5, 0.6) is 5.75 Å². The van der Waals surface area contributed by atoms with Gasteiger partial charge in [0.05, 0.1) is 6.61 Å². The molecule has 1 heterocycles. The zero-order chi connectivity index (χ0) is 14.5. The van der Waals surface area contributed by atoms with Gasteiger partial charge in [0.2, 0.25) is 0 Å². The SMILES string of the molecule is Clc1ccc(OCC2CCNCC2)c(C2CCCCC2)c1. The van der Waals surface area contributed by atoms with Crippen LogP contribution in [0.3, 0.4) is 0 Å². The Labute approximate surface area is 133 Å². The van der Waals surface area contributed by atoms with Crippen molar-refractivity contribution in [2.45, 2.75) is 50.9 Å². The molecule has 0 aromatic heterocycles. The van der Waals surface area contributed by atoms with E-state index in [1.165, 1.54) is 50.5 Å². The first-order valence-corrected chi connectivity index (χ1v) is 8.83. The second-order valence-electron chi connectivity index (χ2n) is 6.52. The number of nitrogens with one attached hydrogen (secondary N) is 1. The summed E-state index contributed by atoms with van der Waals surface area (Å²) in [6, 6.07) is 6.17. The largest absolute Gasteiger partial charge is 0.493 e. The van der Waals surface area contributed by atoms with Gasteiger partial charge in [-0.2, -0.15) is 0 Å². The minimum absolute atomic E-state index is 0.639. The third-order valence-electron chi connectivity index (χ3n) is 4.95. The summed E-state index contributed by atoms with van der Waals surface area (Å²) in [4.78, 5) is 0. The molecule has 0 unspecified atom stereocenters. The van der Waals surface area contributed by atoms with Gasteiger partial charge in [0.1, 0.15) is 5.75 Å². The molecule has 0 amide bonds. The lowest BCUT2D eigenvalue weighted by Gasteiger charge is -2.26. The van der Waals surface area contributed by atoms with Crippen LogP contribution < -0.4 is 10.1 Å². The summed E-state index contributed by atoms with van der Waals surface area (Å²) in [6.45, 7) is 3.11. The van der Waals surface area contributed by atoms with Gasteiger partial charge >= 0.3 is 0 Å². The normalized spacial score (nSPS) is 21.4. The molecule has 0 spiro atoms. The Morgan fingerprint density at radius 2 is 1.81 bits per heavy atom. The first-order valence-electron chi connectivity index (χ1n) is 8.46. The van der Waals surface area contributed by atoms with Crippen molar-refractivity contribution in [3.05, 3.63) is 28.8 Å². The summed E-state index contributed by atoms with van der Waals surface area (Å²) in [7, 11) is 0. The van der Waals surface area contributed by atoms with Gasteiger partial charge in [0.15, 0.2) is 0 Å². The zero-order valence-corrected chi connectivity index (χ0v) is 13.5. The maximum atomic E-state index is 6.22. The highest BCUT2D eigenvalue weighted by Gasteiger charge is 2.21. The van der Waals surface area contributed by atoms with E-state index in [4.69, 9.17) is 16.3 Å². The first kappa shape index (κ1) is 15.2. The molecule has 0 bridgehead atoms. The third kappa shape index (κ3) is 4.14. The van der Waals surface area contributed by atoms with Crippen molar-refractivity contribution < 1.29 is 4.74 Å². The highest BCUT2D eigenvalue weighted by molar-refractivity contribution is 6.30. The Hall–Kier alpha value is -0.730. The van der Waals surface area contributed by atoms with E-state index in [0.717, 1.165) is 30.5 Å². The molecular weight excluding hydrogens is 282 g/mol. The molecular formula is C18H26ClNO. The number of hydrogen-bond acceptors (Lipinski definition) is 2. The maximum Gasteiger partial charge on any atom is 0.122 e. The van der Waals surface area contributed by atoms with E-state index in [2.05, 4.69) is 17.4 Å². The number of benzene rings is 1. The van der Waals surface area contributed by atoms with E-state index in [1.54, 1.807) is 0 Å². The van der Waals surface area contributed by atoms with Crippen LogP contribution in [-0.2, 0) is 0 Å². The second-order valence-corrected chi connectivity index (χ2v) is 6.96. The summed E-state index contributed by atoms with van der Waals surface area (Å²) >= 11 is 6.22. The van der Waals surface area contributed by atoms with Crippen LogP contribution in [0.1, 0.15) is 56.4 Å². The summed E-state index contributed by atoms with van der Waals surface area (Å²) in [5, 5.41) is 4.25. The molecule has 116 valence electrons. The van der Waals surface area contributed by atoms with Crippen molar-refractivity contribution in [1.29, 1.82) is 0 Å². The predicted octanol–water partition coefficient (Wildman–Crippen LogP) is 4.77. The van der Waals surface area contributed by atoms with Crippen LogP contribution in [0, 0.1) is 5.92 Å². The Morgan fingerprint density at radius 1 is 1.05 bits per heavy atom. The molecule has 3 rings (SSSR count). The van der Waals surface area contributed by atoms with E-state index in [9.17, 15) is 0 Å². The van der Waals surface area contributed by atoms with E-state index in [-0.39, 0.29) is 0 Å². The molecule has 1 aliphatic heterocycles. The molecule has 1 aromatic carbocycles. The lowest BCUT2D eigenvalue weighted by molar-refractivity contribution is 0.212. The van der Waals surface area contributed by atoms with Gasteiger partial charge in [-0.1, -0.05) is 30.9 Å². The van der Waals surface area contributed by atoms with Gasteiger partial charge in [-0.3, -0.25) is 0 Å². The molecule has 3 heteroatoms. The van der Waals surface area contributed by atoms with E-state index in [1.807, 2.05) is 6.07 Å². The van der Waals surface area contributed by atoms with Gasteiger partial charge in [0.25, 0.3) is 0 Å². The Balaban J connectivity index is 1.68. The first-order chi connectivity index (χ1) is 10.3. The van der Waals surface area contributed by atoms with Crippen LogP contribution in [0.15, 0.2) is 18.2 Å². The lowest BCUT2D eigenvalue weighted by Crippen LogP contribution is -2.30. The molecule has 0 atom stereocenters. The van der Waals surface area contributed by atoms with E-state index >= 15 is 0 Å². The summed E-state index contributed by atoms with van der Waals surface area (Å²) < 4.78 is 6.20. The van der Waals surface area contributed by atoms with Crippen molar-refractivity contribution in [2.75, 3.05) is 19.7 Å². The maximum absolute atomic E-state index is 6.22. The minimum atomic E-state index is 0.639. The van der Waals surface area contributed by atoms with Crippen LogP contribution in [0.25, 0.3) is 0 Å². The van der Waals surface area contributed by atoms with Crippen molar-refractivity contribution >= 4 is 11.6 Å². The van der Waals surface area contributed by atoms with Crippen molar-refractivity contribution in [1.82, 2.24) is 5.32 Å². The van der Waals surface area contributed by atoms with Crippen LogP contribution in [0.2, 0.25) is 5.02 Å². The summed E-state index contributed by atoms with van der Waals surface area (Å²) in [6.07, 6.45) is 9.07. The molecule has 0 radical (unpaired) electrons. The van der Waals surface area contributed by atoms with Gasteiger partial charge in [0, 0.05) is 5.02 Å². The molecule has 1 N–H and O–H groups in total. The summed E-state index contributed by atoms with van der Waals surface area (Å²) in [5.41, 5.74) is 1.34. The Kier molecular flexibility index (Phi) is 5.43. The van der Waals surface area contributed by atoms with E-state index < -0.39 is 0 Å². The average Bonchev–Trinajstić information content (AvgIpc) is 2.55. The Morgan fingerprint density at radius 3 is 2.57 bits per heavy atom. The molecule has 1 saturated heterocycles. The highest BCUT2D eigenvalue weighted by atomic mass is 35.5. The summed E-state index contributed by atoms with van der Waals surface area (Å²) in [5.74, 6) is 2.41. The fourth-order valence-electron chi connectivity index (χ4n) is 3.64. The fourth-order valence-corrected chi connectivity index (χ4v) is 3.82. The molecule has 2 nitrogen and oxygen atoms in total. The van der Waals surface area contributed by atoms with Crippen LogP contribution in [-0.4, -0.2) is 19.7 Å². The topological polar surface area (TPSA) is 21.3 Å². The molecule has 1 aromatic rings. The average molecular weight is 308 g/mol. The smallest absolute Gasteiger partial charge is 0.122 e. The highest BCUT2D eigenvalue weighted by Crippen LogP contribution is 2.39. The van der Waals surface area contributed by atoms with Gasteiger partial charge in [-0.15, -0.1) is 0 Å². The van der Waals surface area contributed by atoms with Gasteiger partial charge in [-0.05, 0) is 74.4 Å². The number of hydrogen-bond donors (Lipinski definition) is 1. The van der Waals surface area contributed by atoms with Crippen LogP contribution >= 0.6 is 11.6 Å². The number of ether oxygens (including phenoxy) is 1. The minimum Gasteiger partial charge on any atom is -0.493 e. The van der Waals surface area contributed by atoms with E-state index in [0.29, 0.717) is 11.8 Å². The van der Waals surface area contributed by atoms with Gasteiger partial charge in [-0.25, -0.2) is 0 Å². The molecule has 1 saturated carbocycles.